The number of hydrogen-bond acceptors (Lipinski definition) is 16. The SMILES string of the molecule is C=CC(=O)OCCCCCCOc1ccc(CCOc2ccc(OC(=O)C3CCC(C(=O)Oc4ccc5c(c4)nc(Oc4ccc(OCCCCCC)cc4)c4cc(C(O)OCCc6ccc(OCCCCCCOC(=O)C=C)cc6)ccc45)CC3)cc2)cc1. The van der Waals surface area contributed by atoms with Gasteiger partial charge in [0.25, 0.3) is 0 Å². The first-order valence-electron chi connectivity index (χ1n) is 31.8. The third-order valence-electron chi connectivity index (χ3n) is 15.6. The largest absolute Gasteiger partial charge is 0.494 e. The van der Waals surface area contributed by atoms with Gasteiger partial charge in [0.1, 0.15) is 40.2 Å². The number of nitrogens with zero attached hydrogens (tertiary/aromatic N) is 1. The number of carbonyl (C=O) groups is 4. The van der Waals surface area contributed by atoms with Gasteiger partial charge in [0.05, 0.1) is 63.6 Å². The fraction of sp³-hybridized carbons (Fsp3) is 0.392. The summed E-state index contributed by atoms with van der Waals surface area (Å²) < 4.78 is 58.1. The normalized spacial score (nSPS) is 14.0. The number of aromatic nitrogens is 1. The summed E-state index contributed by atoms with van der Waals surface area (Å²) in [5.74, 6) is 2.32. The quantitative estimate of drug-likeness (QED) is 0.00954. The molecule has 1 saturated carbocycles. The first-order chi connectivity index (χ1) is 44.0. The van der Waals surface area contributed by atoms with Crippen molar-refractivity contribution in [3.8, 4) is 46.1 Å². The molecule has 476 valence electrons. The minimum atomic E-state index is -1.23. The van der Waals surface area contributed by atoms with E-state index in [2.05, 4.69) is 20.1 Å². The number of fused-ring (bicyclic) bond motifs is 3. The van der Waals surface area contributed by atoms with E-state index in [-0.39, 0.29) is 36.3 Å². The van der Waals surface area contributed by atoms with Crippen LogP contribution < -0.4 is 33.2 Å². The van der Waals surface area contributed by atoms with Crippen LogP contribution in [-0.2, 0) is 46.2 Å². The first-order valence-corrected chi connectivity index (χ1v) is 31.8. The fourth-order valence-corrected chi connectivity index (χ4v) is 10.4. The van der Waals surface area contributed by atoms with Crippen molar-refractivity contribution in [1.82, 2.24) is 4.98 Å². The van der Waals surface area contributed by atoms with Crippen LogP contribution in [0.1, 0.15) is 133 Å². The van der Waals surface area contributed by atoms with Crippen molar-refractivity contribution in [2.24, 2.45) is 11.8 Å². The Balaban J connectivity index is 0.801. The van der Waals surface area contributed by atoms with Gasteiger partial charge in [-0.05, 0) is 197 Å². The Morgan fingerprint density at radius 2 is 0.889 bits per heavy atom. The molecule has 1 aromatic heterocycles. The van der Waals surface area contributed by atoms with Crippen molar-refractivity contribution in [2.45, 2.75) is 129 Å². The molecule has 0 aliphatic heterocycles. The topological polar surface area (TPSA) is 194 Å². The first kappa shape index (κ1) is 67.2. The van der Waals surface area contributed by atoms with Gasteiger partial charge in [0, 0.05) is 41.0 Å². The fourth-order valence-electron chi connectivity index (χ4n) is 10.4. The van der Waals surface area contributed by atoms with Gasteiger partial charge < -0.3 is 52.5 Å². The predicted molar refractivity (Wildman–Crippen MR) is 345 cm³/mol. The number of esters is 4. The standard InChI is InChI=1S/C74H85NO15/c1-4-7-8-13-44-83-60-31-35-62(36-32-60)88-71-67-51-57(72(78)87-50-43-54-20-29-59(30-21-54)82-46-15-10-12-17-48-86-70(77)6-3)26-40-65(67)66-41-39-64(52-68(66)75-71)90-74(80)56-24-22-55(23-25-56)73(79)89-63-37-33-61(34-38-63)84-49-42-53-18-27-58(28-19-53)81-45-14-9-11-16-47-85-69(76)5-2/h5-6,18-21,26-41,51-52,55-56,72,78H,2-4,7-17,22-25,42-50H2,1H3. The second kappa shape index (κ2) is 36.7. The molecule has 16 nitrogen and oxygen atoms in total. The maximum Gasteiger partial charge on any atom is 0.330 e. The van der Waals surface area contributed by atoms with E-state index in [0.29, 0.717) is 118 Å². The maximum absolute atomic E-state index is 13.7. The van der Waals surface area contributed by atoms with E-state index in [9.17, 15) is 24.3 Å². The summed E-state index contributed by atoms with van der Waals surface area (Å²) in [5, 5.41) is 13.6. The molecule has 0 radical (unpaired) electrons. The van der Waals surface area contributed by atoms with Crippen LogP contribution in [0.3, 0.4) is 0 Å². The molecule has 1 N–H and O–H groups in total. The second-order valence-corrected chi connectivity index (χ2v) is 22.4. The van der Waals surface area contributed by atoms with E-state index in [1.165, 1.54) is 18.6 Å². The summed E-state index contributed by atoms with van der Waals surface area (Å²) in [7, 11) is 0. The van der Waals surface area contributed by atoms with Gasteiger partial charge >= 0.3 is 23.9 Å². The molecule has 8 rings (SSSR count). The number of unbranched alkanes of at least 4 members (excludes halogenated alkanes) is 9. The minimum Gasteiger partial charge on any atom is -0.494 e. The number of aliphatic hydroxyl groups is 1. The van der Waals surface area contributed by atoms with E-state index in [1.54, 1.807) is 36.4 Å². The highest BCUT2D eigenvalue weighted by Crippen LogP contribution is 2.38. The molecular formula is C74H85NO15. The third-order valence-corrected chi connectivity index (χ3v) is 15.6. The van der Waals surface area contributed by atoms with E-state index in [4.69, 9.17) is 52.4 Å². The number of aliphatic hydroxyl groups excluding tert-OH is 1. The van der Waals surface area contributed by atoms with Crippen LogP contribution in [0, 0.1) is 11.8 Å². The predicted octanol–water partition coefficient (Wildman–Crippen LogP) is 15.7. The van der Waals surface area contributed by atoms with Gasteiger partial charge in [-0.25, -0.2) is 14.6 Å². The lowest BCUT2D eigenvalue weighted by Gasteiger charge is -2.25. The molecule has 0 spiro atoms. The molecule has 1 aliphatic carbocycles. The molecule has 6 aromatic carbocycles. The average Bonchev–Trinajstić information content (AvgIpc) is 0.807. The Morgan fingerprint density at radius 3 is 1.40 bits per heavy atom. The van der Waals surface area contributed by atoms with Crippen LogP contribution in [0.4, 0.5) is 0 Å². The van der Waals surface area contributed by atoms with Crippen molar-refractivity contribution in [3.05, 3.63) is 175 Å². The van der Waals surface area contributed by atoms with Crippen molar-refractivity contribution >= 4 is 45.6 Å². The lowest BCUT2D eigenvalue weighted by molar-refractivity contribution is -0.145. The van der Waals surface area contributed by atoms with E-state index in [1.807, 2.05) is 97.1 Å². The molecule has 0 amide bonds. The van der Waals surface area contributed by atoms with Crippen molar-refractivity contribution in [1.29, 1.82) is 0 Å². The van der Waals surface area contributed by atoms with E-state index in [0.717, 1.165) is 110 Å². The number of hydrogen-bond donors (Lipinski definition) is 1. The van der Waals surface area contributed by atoms with Crippen LogP contribution in [0.15, 0.2) is 159 Å². The average molecular weight is 1230 g/mol. The summed E-state index contributed by atoms with van der Waals surface area (Å²) in [6, 6.07) is 41.2. The van der Waals surface area contributed by atoms with Gasteiger partial charge in [0.2, 0.25) is 5.88 Å². The van der Waals surface area contributed by atoms with Crippen molar-refractivity contribution < 1.29 is 71.7 Å². The smallest absolute Gasteiger partial charge is 0.330 e. The van der Waals surface area contributed by atoms with Crippen LogP contribution >= 0.6 is 0 Å². The molecule has 1 unspecified atom stereocenters. The molecule has 90 heavy (non-hydrogen) atoms. The Labute approximate surface area is 528 Å². The van der Waals surface area contributed by atoms with Crippen molar-refractivity contribution in [2.75, 3.05) is 46.2 Å². The van der Waals surface area contributed by atoms with Crippen LogP contribution in [-0.4, -0.2) is 80.2 Å². The molecule has 1 heterocycles. The Hall–Kier alpha value is -8.73. The summed E-state index contributed by atoms with van der Waals surface area (Å²) >= 11 is 0. The zero-order chi connectivity index (χ0) is 63.1. The number of rotatable bonds is 39. The van der Waals surface area contributed by atoms with Gasteiger partial charge in [0.15, 0.2) is 6.29 Å². The molecular weight excluding hydrogens is 1140 g/mol. The Bertz CT molecular complexity index is 3380. The van der Waals surface area contributed by atoms with E-state index >= 15 is 0 Å². The maximum atomic E-state index is 13.7. The molecule has 1 fully saturated rings. The second-order valence-electron chi connectivity index (χ2n) is 22.4. The molecule has 1 atom stereocenters. The molecule has 0 saturated heterocycles. The number of benzene rings is 6. The highest BCUT2D eigenvalue weighted by Gasteiger charge is 2.32. The van der Waals surface area contributed by atoms with Gasteiger partial charge in [-0.2, -0.15) is 0 Å². The molecule has 1 aliphatic rings. The lowest BCUT2D eigenvalue weighted by atomic mass is 9.82. The zero-order valence-electron chi connectivity index (χ0n) is 51.8. The van der Waals surface area contributed by atoms with Crippen LogP contribution in [0.2, 0.25) is 0 Å². The molecule has 0 bridgehead atoms. The minimum absolute atomic E-state index is 0.261. The number of carbonyl (C=O) groups excluding carboxylic acids is 4. The van der Waals surface area contributed by atoms with Gasteiger partial charge in [-0.1, -0.05) is 75.7 Å². The van der Waals surface area contributed by atoms with Crippen molar-refractivity contribution in [3.63, 3.8) is 0 Å². The monoisotopic (exact) mass is 1230 g/mol. The van der Waals surface area contributed by atoms with Gasteiger partial charge in [-0.3, -0.25) is 9.59 Å². The Kier molecular flexibility index (Phi) is 27.4. The summed E-state index contributed by atoms with van der Waals surface area (Å²) in [6.45, 7) is 12.4. The summed E-state index contributed by atoms with van der Waals surface area (Å²) in [6.07, 6.45) is 16.0. The van der Waals surface area contributed by atoms with Crippen LogP contribution in [0.25, 0.3) is 21.7 Å². The summed E-state index contributed by atoms with van der Waals surface area (Å²) in [4.78, 5) is 54.3. The zero-order valence-corrected chi connectivity index (χ0v) is 51.8. The van der Waals surface area contributed by atoms with Crippen LogP contribution in [0.5, 0.6) is 46.1 Å². The molecule has 16 heteroatoms. The lowest BCUT2D eigenvalue weighted by Crippen LogP contribution is -2.30. The number of pyridine rings is 1. The third kappa shape index (κ3) is 22.1. The highest BCUT2D eigenvalue weighted by atomic mass is 16.6. The highest BCUT2D eigenvalue weighted by molar-refractivity contribution is 6.08. The number of ether oxygens (including phenoxy) is 10. The molecule has 7 aromatic rings. The van der Waals surface area contributed by atoms with E-state index < -0.39 is 18.2 Å². The summed E-state index contributed by atoms with van der Waals surface area (Å²) in [5.41, 5.74) is 3.21. The van der Waals surface area contributed by atoms with Gasteiger partial charge in [-0.15, -0.1) is 0 Å². The Morgan fingerprint density at radius 1 is 0.467 bits per heavy atom.